The van der Waals surface area contributed by atoms with Gasteiger partial charge in [0.2, 0.25) is 0 Å². The summed E-state index contributed by atoms with van der Waals surface area (Å²) in [7, 11) is 0. The Hall–Kier alpha value is -0.770. The van der Waals surface area contributed by atoms with E-state index in [0.29, 0.717) is 35.1 Å². The van der Waals surface area contributed by atoms with Crippen molar-refractivity contribution in [1.82, 2.24) is 4.90 Å². The average Bonchev–Trinajstić information content (AvgIpc) is 2.35. The maximum Gasteiger partial charge on any atom is 0.255 e. The second-order valence-electron chi connectivity index (χ2n) is 4.69. The maximum atomic E-state index is 12.3. The smallest absolute Gasteiger partial charge is 0.255 e. The van der Waals surface area contributed by atoms with E-state index in [2.05, 4.69) is 0 Å². The van der Waals surface area contributed by atoms with Gasteiger partial charge in [-0.05, 0) is 24.5 Å². The molecule has 18 heavy (non-hydrogen) atoms. The van der Waals surface area contributed by atoms with Crippen LogP contribution in [-0.4, -0.2) is 35.1 Å². The SMILES string of the molecule is CC1CN(C(=O)c2cccc(Cl)c2Cl)CCC1O. The van der Waals surface area contributed by atoms with E-state index in [9.17, 15) is 9.90 Å². The summed E-state index contributed by atoms with van der Waals surface area (Å²) in [5.41, 5.74) is 0.424. The van der Waals surface area contributed by atoms with Gasteiger partial charge in [-0.3, -0.25) is 4.79 Å². The fourth-order valence-electron chi connectivity index (χ4n) is 2.16. The Morgan fingerprint density at radius 2 is 2.17 bits per heavy atom. The van der Waals surface area contributed by atoms with Gasteiger partial charge in [0.1, 0.15) is 0 Å². The lowest BCUT2D eigenvalue weighted by Gasteiger charge is -2.34. The third kappa shape index (κ3) is 2.63. The number of amides is 1. The van der Waals surface area contributed by atoms with Crippen LogP contribution in [0.25, 0.3) is 0 Å². The lowest BCUT2D eigenvalue weighted by atomic mass is 9.96. The van der Waals surface area contributed by atoms with E-state index in [4.69, 9.17) is 23.2 Å². The number of nitrogens with zero attached hydrogens (tertiary/aromatic N) is 1. The number of aliphatic hydroxyl groups is 1. The summed E-state index contributed by atoms with van der Waals surface area (Å²) >= 11 is 11.9. The molecule has 1 saturated heterocycles. The van der Waals surface area contributed by atoms with Crippen LogP contribution < -0.4 is 0 Å². The van der Waals surface area contributed by atoms with Gasteiger partial charge in [0.15, 0.2) is 0 Å². The van der Waals surface area contributed by atoms with E-state index < -0.39 is 0 Å². The second-order valence-corrected chi connectivity index (χ2v) is 5.47. The number of hydrogen-bond donors (Lipinski definition) is 1. The number of carbonyl (C=O) groups excluding carboxylic acids is 1. The Labute approximate surface area is 116 Å². The molecule has 2 rings (SSSR count). The highest BCUT2D eigenvalue weighted by atomic mass is 35.5. The molecule has 0 bridgehead atoms. The summed E-state index contributed by atoms with van der Waals surface area (Å²) in [6.07, 6.45) is 0.273. The molecule has 1 aliphatic heterocycles. The highest BCUT2D eigenvalue weighted by Gasteiger charge is 2.28. The molecule has 0 aromatic heterocycles. The van der Waals surface area contributed by atoms with Crippen LogP contribution in [0, 0.1) is 5.92 Å². The maximum absolute atomic E-state index is 12.3. The van der Waals surface area contributed by atoms with Gasteiger partial charge < -0.3 is 10.0 Å². The molecule has 1 aromatic carbocycles. The predicted molar refractivity (Wildman–Crippen MR) is 72.2 cm³/mol. The van der Waals surface area contributed by atoms with E-state index in [0.717, 1.165) is 0 Å². The number of carbonyl (C=O) groups is 1. The van der Waals surface area contributed by atoms with Gasteiger partial charge in [-0.25, -0.2) is 0 Å². The third-order valence-electron chi connectivity index (χ3n) is 3.33. The van der Waals surface area contributed by atoms with Crippen LogP contribution in [0.1, 0.15) is 23.7 Å². The van der Waals surface area contributed by atoms with Gasteiger partial charge in [0.05, 0.1) is 21.7 Å². The summed E-state index contributed by atoms with van der Waals surface area (Å²) in [4.78, 5) is 14.0. The molecule has 98 valence electrons. The van der Waals surface area contributed by atoms with Crippen LogP contribution >= 0.6 is 23.2 Å². The minimum absolute atomic E-state index is 0.0839. The standard InChI is InChI=1S/C13H15Cl2NO2/c1-8-7-16(6-5-11(8)17)13(18)9-3-2-4-10(14)12(9)15/h2-4,8,11,17H,5-7H2,1H3. The monoisotopic (exact) mass is 287 g/mol. The van der Waals surface area contributed by atoms with Gasteiger partial charge in [0.25, 0.3) is 5.91 Å². The molecule has 0 aliphatic carbocycles. The van der Waals surface area contributed by atoms with Crippen molar-refractivity contribution in [2.24, 2.45) is 5.92 Å². The van der Waals surface area contributed by atoms with Crippen molar-refractivity contribution in [3.05, 3.63) is 33.8 Å². The van der Waals surface area contributed by atoms with Crippen LogP contribution in [0.3, 0.4) is 0 Å². The molecule has 0 saturated carbocycles. The van der Waals surface area contributed by atoms with Crippen molar-refractivity contribution < 1.29 is 9.90 Å². The molecule has 1 aliphatic rings. The molecule has 0 radical (unpaired) electrons. The Balaban J connectivity index is 2.19. The minimum Gasteiger partial charge on any atom is -0.393 e. The molecule has 2 atom stereocenters. The van der Waals surface area contributed by atoms with Crippen molar-refractivity contribution in [3.63, 3.8) is 0 Å². The summed E-state index contributed by atoms with van der Waals surface area (Å²) in [6, 6.07) is 5.04. The van der Waals surface area contributed by atoms with Crippen LogP contribution in [0.4, 0.5) is 0 Å². The lowest BCUT2D eigenvalue weighted by molar-refractivity contribution is 0.0298. The van der Waals surface area contributed by atoms with Crippen LogP contribution in [-0.2, 0) is 0 Å². The Bertz CT molecular complexity index is 464. The molecule has 1 aromatic rings. The first kappa shape index (κ1) is 13.7. The average molecular weight is 288 g/mol. The number of rotatable bonds is 1. The second kappa shape index (κ2) is 5.47. The quantitative estimate of drug-likeness (QED) is 0.863. The Morgan fingerprint density at radius 3 is 2.83 bits per heavy atom. The van der Waals surface area contributed by atoms with Gasteiger partial charge in [0, 0.05) is 13.1 Å². The topological polar surface area (TPSA) is 40.5 Å². The molecule has 1 amide bonds. The zero-order chi connectivity index (χ0) is 13.3. The number of piperidine rings is 1. The summed E-state index contributed by atoms with van der Waals surface area (Å²) < 4.78 is 0. The lowest BCUT2D eigenvalue weighted by Crippen LogP contribution is -2.45. The fourth-order valence-corrected chi connectivity index (χ4v) is 2.54. The zero-order valence-electron chi connectivity index (χ0n) is 10.1. The molecule has 3 nitrogen and oxygen atoms in total. The van der Waals surface area contributed by atoms with Crippen LogP contribution in [0.15, 0.2) is 18.2 Å². The molecule has 1 N–H and O–H groups in total. The molecule has 1 heterocycles. The van der Waals surface area contributed by atoms with Crippen LogP contribution in [0.2, 0.25) is 10.0 Å². The van der Waals surface area contributed by atoms with E-state index in [1.807, 2.05) is 6.92 Å². The van der Waals surface area contributed by atoms with Gasteiger partial charge >= 0.3 is 0 Å². The number of hydrogen-bond acceptors (Lipinski definition) is 2. The molecule has 2 unspecified atom stereocenters. The van der Waals surface area contributed by atoms with Gasteiger partial charge in [-0.15, -0.1) is 0 Å². The number of likely N-dealkylation sites (tertiary alicyclic amines) is 1. The highest BCUT2D eigenvalue weighted by molar-refractivity contribution is 6.43. The van der Waals surface area contributed by atoms with E-state index >= 15 is 0 Å². The number of benzene rings is 1. The normalized spacial score (nSPS) is 24.1. The van der Waals surface area contributed by atoms with E-state index in [1.165, 1.54) is 0 Å². The number of halogens is 2. The first-order valence-corrected chi connectivity index (χ1v) is 6.67. The van der Waals surface area contributed by atoms with Crippen molar-refractivity contribution in [3.8, 4) is 0 Å². The highest BCUT2D eigenvalue weighted by Crippen LogP contribution is 2.28. The van der Waals surface area contributed by atoms with Gasteiger partial charge in [-0.1, -0.05) is 36.2 Å². The molecule has 0 spiro atoms. The minimum atomic E-state index is -0.330. The van der Waals surface area contributed by atoms with Crippen LogP contribution in [0.5, 0.6) is 0 Å². The van der Waals surface area contributed by atoms with Crippen molar-refractivity contribution >= 4 is 29.1 Å². The van der Waals surface area contributed by atoms with E-state index in [-0.39, 0.29) is 17.9 Å². The van der Waals surface area contributed by atoms with Gasteiger partial charge in [-0.2, -0.15) is 0 Å². The summed E-state index contributed by atoms with van der Waals surface area (Å²) in [6.45, 7) is 3.03. The fraction of sp³-hybridized carbons (Fsp3) is 0.462. The first-order chi connectivity index (χ1) is 8.50. The molecular weight excluding hydrogens is 273 g/mol. The Morgan fingerprint density at radius 1 is 1.44 bits per heavy atom. The molecule has 1 fully saturated rings. The van der Waals surface area contributed by atoms with E-state index in [1.54, 1.807) is 23.1 Å². The molecule has 5 heteroatoms. The Kier molecular flexibility index (Phi) is 4.15. The van der Waals surface area contributed by atoms with Crippen molar-refractivity contribution in [2.75, 3.05) is 13.1 Å². The molecular formula is C13H15Cl2NO2. The third-order valence-corrected chi connectivity index (χ3v) is 4.15. The first-order valence-electron chi connectivity index (χ1n) is 5.92. The summed E-state index contributed by atoms with van der Waals surface area (Å²) in [5, 5.41) is 10.3. The van der Waals surface area contributed by atoms with Crippen molar-refractivity contribution in [2.45, 2.75) is 19.4 Å². The van der Waals surface area contributed by atoms with Crippen molar-refractivity contribution in [1.29, 1.82) is 0 Å². The largest absolute Gasteiger partial charge is 0.393 e. The predicted octanol–water partition coefficient (Wildman–Crippen LogP) is 2.84. The zero-order valence-corrected chi connectivity index (χ0v) is 11.6. The number of aliphatic hydroxyl groups excluding tert-OH is 1. The summed E-state index contributed by atoms with van der Waals surface area (Å²) in [5.74, 6) is -0.0399.